The number of nitrogens with one attached hydrogen (secondary N) is 2. The van der Waals surface area contributed by atoms with E-state index in [0.717, 1.165) is 19.3 Å². The molecule has 0 saturated heterocycles. The normalized spacial score (nSPS) is 11.7. The first-order valence-corrected chi connectivity index (χ1v) is 23.2. The number of unbranched alkanes of at least 4 members (excludes halogenated alkanes) is 32. The highest BCUT2D eigenvalue weighted by Gasteiger charge is 2.13. The van der Waals surface area contributed by atoms with Gasteiger partial charge in [0.1, 0.15) is 11.6 Å². The lowest BCUT2D eigenvalue weighted by molar-refractivity contribution is 0.526. The Bertz CT molecular complexity index is 939. The predicted molar refractivity (Wildman–Crippen MR) is 225 cm³/mol. The molecule has 0 saturated carbocycles. The second-order valence-electron chi connectivity index (χ2n) is 16.5. The van der Waals surface area contributed by atoms with Gasteiger partial charge in [-0.15, -0.1) is 0 Å². The van der Waals surface area contributed by atoms with E-state index < -0.39 is 0 Å². The summed E-state index contributed by atoms with van der Waals surface area (Å²) < 4.78 is 0. The molecule has 0 fully saturated rings. The van der Waals surface area contributed by atoms with Gasteiger partial charge in [-0.25, -0.2) is 9.97 Å². The van der Waals surface area contributed by atoms with Crippen LogP contribution in [-0.4, -0.2) is 19.9 Å². The Morgan fingerprint density at radius 1 is 0.314 bits per heavy atom. The molecule has 0 unspecified atom stereocenters. The van der Waals surface area contributed by atoms with Crippen LogP contribution in [0, 0.1) is 13.8 Å². The van der Waals surface area contributed by atoms with Gasteiger partial charge in [0, 0.05) is 30.7 Å². The van der Waals surface area contributed by atoms with E-state index in [9.17, 15) is 0 Å². The van der Waals surface area contributed by atoms with Crippen LogP contribution >= 0.6 is 0 Å². The minimum Gasteiger partial charge on any atom is -0.346 e. The second-order valence-corrected chi connectivity index (χ2v) is 16.5. The maximum atomic E-state index is 5.01. The van der Waals surface area contributed by atoms with Gasteiger partial charge < -0.3 is 9.97 Å². The first-order chi connectivity index (χ1) is 25.1. The van der Waals surface area contributed by atoms with Crippen molar-refractivity contribution in [1.29, 1.82) is 0 Å². The first-order valence-electron chi connectivity index (χ1n) is 23.2. The van der Waals surface area contributed by atoms with E-state index >= 15 is 0 Å². The van der Waals surface area contributed by atoms with Gasteiger partial charge in [-0.2, -0.15) is 0 Å². The molecule has 2 aromatic heterocycles. The minimum absolute atomic E-state index is 0.836. The molecular formula is C47H88N4. The fourth-order valence-corrected chi connectivity index (χ4v) is 7.90. The quantitative estimate of drug-likeness (QED) is 0.0682. The summed E-state index contributed by atoms with van der Waals surface area (Å²) in [5.41, 5.74) is 4.79. The largest absolute Gasteiger partial charge is 0.346 e. The summed E-state index contributed by atoms with van der Waals surface area (Å²) in [7, 11) is 0. The van der Waals surface area contributed by atoms with Crippen LogP contribution in [0.25, 0.3) is 0 Å². The van der Waals surface area contributed by atoms with Crippen molar-refractivity contribution in [2.45, 2.75) is 265 Å². The molecule has 0 aliphatic carbocycles. The molecular weight excluding hydrogens is 621 g/mol. The number of hydrogen-bond donors (Lipinski definition) is 2. The molecule has 2 N–H and O–H groups in total. The summed E-state index contributed by atoms with van der Waals surface area (Å²) in [6, 6.07) is 0. The van der Waals surface area contributed by atoms with Gasteiger partial charge >= 0.3 is 0 Å². The number of rotatable bonds is 38. The number of H-pyrrole nitrogens is 2. The summed E-state index contributed by atoms with van der Waals surface area (Å²) >= 11 is 0. The number of imidazole rings is 2. The number of hydrogen-bond acceptors (Lipinski definition) is 2. The van der Waals surface area contributed by atoms with Crippen molar-refractivity contribution in [3.8, 4) is 0 Å². The highest BCUT2D eigenvalue weighted by atomic mass is 15.0. The van der Waals surface area contributed by atoms with Crippen LogP contribution in [0.1, 0.15) is 267 Å². The Hall–Kier alpha value is -1.58. The third kappa shape index (κ3) is 25.1. The zero-order chi connectivity index (χ0) is 36.5. The van der Waals surface area contributed by atoms with E-state index in [1.165, 1.54) is 253 Å². The topological polar surface area (TPSA) is 57.4 Å². The maximum absolute atomic E-state index is 5.01. The van der Waals surface area contributed by atoms with Gasteiger partial charge in [-0.05, 0) is 26.7 Å². The summed E-state index contributed by atoms with van der Waals surface area (Å²) in [6.45, 7) is 8.97. The number of aromatic nitrogens is 4. The van der Waals surface area contributed by atoms with Crippen molar-refractivity contribution >= 4 is 0 Å². The predicted octanol–water partition coefficient (Wildman–Crippen LogP) is 15.7. The van der Waals surface area contributed by atoms with Crippen molar-refractivity contribution in [2.75, 3.05) is 0 Å². The van der Waals surface area contributed by atoms with E-state index in [2.05, 4.69) is 37.7 Å². The van der Waals surface area contributed by atoms with E-state index in [1.807, 2.05) is 0 Å². The van der Waals surface area contributed by atoms with Crippen LogP contribution < -0.4 is 0 Å². The van der Waals surface area contributed by atoms with Crippen LogP contribution in [0.2, 0.25) is 0 Å². The molecule has 0 amide bonds. The number of nitrogens with zero attached hydrogens (tertiary/aromatic N) is 2. The summed E-state index contributed by atoms with van der Waals surface area (Å²) in [4.78, 5) is 17.2. The molecule has 4 nitrogen and oxygen atoms in total. The van der Waals surface area contributed by atoms with Crippen molar-refractivity contribution in [3.05, 3.63) is 34.4 Å². The fraction of sp³-hybridized carbons (Fsp3) is 0.872. The van der Waals surface area contributed by atoms with Crippen molar-refractivity contribution in [2.24, 2.45) is 0 Å². The molecule has 0 atom stereocenters. The van der Waals surface area contributed by atoms with Crippen LogP contribution in [0.3, 0.4) is 0 Å². The Balaban J connectivity index is 1.42. The van der Waals surface area contributed by atoms with Crippen LogP contribution in [0.15, 0.2) is 0 Å². The molecule has 0 aliphatic rings. The molecule has 2 heterocycles. The lowest BCUT2D eigenvalue weighted by atomic mass is 10.0. The first kappa shape index (κ1) is 45.6. The maximum Gasteiger partial charge on any atom is 0.106 e. The molecule has 0 spiro atoms. The van der Waals surface area contributed by atoms with E-state index in [1.54, 1.807) is 0 Å². The lowest BCUT2D eigenvalue weighted by Crippen LogP contribution is -1.95. The highest BCUT2D eigenvalue weighted by molar-refractivity contribution is 5.24. The lowest BCUT2D eigenvalue weighted by Gasteiger charge is -2.03. The average molecular weight is 709 g/mol. The van der Waals surface area contributed by atoms with Crippen LogP contribution in [0.5, 0.6) is 0 Å². The second kappa shape index (κ2) is 33.0. The Morgan fingerprint density at radius 3 is 0.765 bits per heavy atom. The zero-order valence-electron chi connectivity index (χ0n) is 35.1. The standard InChI is InChI=1S/C47H88N4/c1-5-7-9-11-13-15-17-19-21-23-25-27-29-31-33-35-37-39-46-48-42(3)44(50-46)41-45-43(4)49-47(51-45)40-38-36-34-32-30-28-26-24-22-20-18-16-14-12-10-8-6-2/h5-41H2,1-4H3,(H,48,50)(H,49,51). The monoisotopic (exact) mass is 709 g/mol. The third-order valence-electron chi connectivity index (χ3n) is 11.4. The molecule has 2 aromatic rings. The Kier molecular flexibility index (Phi) is 29.5. The Labute approximate surface area is 318 Å². The van der Waals surface area contributed by atoms with Crippen molar-refractivity contribution in [1.82, 2.24) is 19.9 Å². The molecule has 296 valence electrons. The molecule has 0 radical (unpaired) electrons. The van der Waals surface area contributed by atoms with Crippen LogP contribution in [-0.2, 0) is 19.3 Å². The SMILES string of the molecule is CCCCCCCCCCCCCCCCCCCc1nc(Cc2nc(CCCCCCCCCCCCCCCCCCC)[nH]c2C)c(C)[nH]1. The van der Waals surface area contributed by atoms with Crippen molar-refractivity contribution < 1.29 is 0 Å². The molecule has 0 bridgehead atoms. The Morgan fingerprint density at radius 2 is 0.529 bits per heavy atom. The summed E-state index contributed by atoms with van der Waals surface area (Å²) in [5, 5.41) is 0. The van der Waals surface area contributed by atoms with Gasteiger partial charge in [-0.3, -0.25) is 0 Å². The minimum atomic E-state index is 0.836. The van der Waals surface area contributed by atoms with E-state index in [0.29, 0.717) is 0 Å². The van der Waals surface area contributed by atoms with Crippen molar-refractivity contribution in [3.63, 3.8) is 0 Å². The molecule has 4 heteroatoms. The summed E-state index contributed by atoms with van der Waals surface area (Å²) in [6.07, 6.45) is 51.2. The smallest absolute Gasteiger partial charge is 0.106 e. The molecule has 0 aliphatic heterocycles. The molecule has 0 aromatic carbocycles. The van der Waals surface area contributed by atoms with Gasteiger partial charge in [0.15, 0.2) is 0 Å². The number of aromatic amines is 2. The van der Waals surface area contributed by atoms with Gasteiger partial charge in [0.2, 0.25) is 0 Å². The highest BCUT2D eigenvalue weighted by Crippen LogP contribution is 2.19. The molecule has 2 rings (SSSR count). The van der Waals surface area contributed by atoms with Gasteiger partial charge in [0.25, 0.3) is 0 Å². The van der Waals surface area contributed by atoms with E-state index in [-0.39, 0.29) is 0 Å². The molecule has 51 heavy (non-hydrogen) atoms. The number of aryl methyl sites for hydroxylation is 4. The fourth-order valence-electron chi connectivity index (χ4n) is 7.90. The zero-order valence-corrected chi connectivity index (χ0v) is 35.1. The van der Waals surface area contributed by atoms with Crippen LogP contribution in [0.4, 0.5) is 0 Å². The van der Waals surface area contributed by atoms with E-state index in [4.69, 9.17) is 9.97 Å². The average Bonchev–Trinajstić information content (AvgIpc) is 3.66. The third-order valence-corrected chi connectivity index (χ3v) is 11.4. The van der Waals surface area contributed by atoms with Gasteiger partial charge in [0.05, 0.1) is 11.4 Å². The summed E-state index contributed by atoms with van der Waals surface area (Å²) in [5.74, 6) is 2.33. The van der Waals surface area contributed by atoms with Gasteiger partial charge in [-0.1, -0.05) is 219 Å².